The van der Waals surface area contributed by atoms with E-state index in [9.17, 15) is 4.79 Å². The van der Waals surface area contributed by atoms with Crippen LogP contribution >= 0.6 is 0 Å². The summed E-state index contributed by atoms with van der Waals surface area (Å²) in [6, 6.07) is 0.111. The van der Waals surface area contributed by atoms with Crippen LogP contribution in [-0.4, -0.2) is 35.5 Å². The molecule has 27 heavy (non-hydrogen) atoms. The van der Waals surface area contributed by atoms with Crippen molar-refractivity contribution in [1.29, 1.82) is 0 Å². The van der Waals surface area contributed by atoms with Crippen molar-refractivity contribution in [2.45, 2.75) is 127 Å². The maximum Gasteiger partial charge on any atom is 0.237 e. The van der Waals surface area contributed by atoms with E-state index in [1.165, 1.54) is 32.1 Å². The van der Waals surface area contributed by atoms with Gasteiger partial charge in [-0.2, -0.15) is 0 Å². The van der Waals surface area contributed by atoms with Crippen LogP contribution in [0.5, 0.6) is 0 Å². The highest BCUT2D eigenvalue weighted by molar-refractivity contribution is 5.82. The normalized spacial score (nSPS) is 23.7. The quantitative estimate of drug-likeness (QED) is 0.569. The Balaban J connectivity index is -0.000000749. The molecule has 0 aromatic carbocycles. The molecule has 3 atom stereocenters. The molecule has 2 unspecified atom stereocenters. The van der Waals surface area contributed by atoms with Gasteiger partial charge in [0.05, 0.1) is 6.04 Å². The van der Waals surface area contributed by atoms with E-state index in [0.29, 0.717) is 0 Å². The highest BCUT2D eigenvalue weighted by atomic mass is 16.2. The van der Waals surface area contributed by atoms with Crippen molar-refractivity contribution in [3.05, 3.63) is 0 Å². The molecular weight excluding hydrogens is 332 g/mol. The predicted molar refractivity (Wildman–Crippen MR) is 124 cm³/mol. The number of nitrogens with zero attached hydrogens (tertiary/aromatic N) is 1. The maximum atomic E-state index is 12.6. The summed E-state index contributed by atoms with van der Waals surface area (Å²) in [5.74, 6) is 1.90. The molecule has 0 aromatic heterocycles. The zero-order chi connectivity index (χ0) is 20.8. The van der Waals surface area contributed by atoms with Gasteiger partial charge >= 0.3 is 0 Å². The Bertz CT molecular complexity index is 336. The summed E-state index contributed by atoms with van der Waals surface area (Å²) in [5, 5.41) is 3.19. The third-order valence-corrected chi connectivity index (χ3v) is 4.85. The van der Waals surface area contributed by atoms with Gasteiger partial charge in [0.25, 0.3) is 0 Å². The van der Waals surface area contributed by atoms with Crippen molar-refractivity contribution in [2.75, 3.05) is 13.1 Å². The van der Waals surface area contributed by atoms with Crippen LogP contribution in [0.2, 0.25) is 0 Å². The van der Waals surface area contributed by atoms with Crippen LogP contribution in [0.25, 0.3) is 0 Å². The molecule has 2 rings (SSSR count). The number of fused-ring (bicyclic) bond motifs is 1. The number of amides is 1. The minimum Gasteiger partial charge on any atom is -0.350 e. The molecular formula is C24H54N2O. The van der Waals surface area contributed by atoms with E-state index in [0.717, 1.165) is 31.3 Å². The number of hydrogen-bond donors (Lipinski definition) is 1. The molecule has 1 amide bonds. The predicted octanol–water partition coefficient (Wildman–Crippen LogP) is 6.91. The van der Waals surface area contributed by atoms with Crippen molar-refractivity contribution in [3.8, 4) is 0 Å². The Morgan fingerprint density at radius 1 is 1.00 bits per heavy atom. The van der Waals surface area contributed by atoms with Crippen molar-refractivity contribution in [1.82, 2.24) is 10.2 Å². The van der Waals surface area contributed by atoms with E-state index in [4.69, 9.17) is 0 Å². The van der Waals surface area contributed by atoms with Crippen molar-refractivity contribution < 1.29 is 4.79 Å². The van der Waals surface area contributed by atoms with E-state index >= 15 is 0 Å². The number of unbranched alkanes of at least 4 members (excludes halogenated alkanes) is 1. The summed E-state index contributed by atoms with van der Waals surface area (Å²) in [7, 11) is 0. The van der Waals surface area contributed by atoms with Crippen LogP contribution in [-0.2, 0) is 4.79 Å². The van der Waals surface area contributed by atoms with Gasteiger partial charge in [0.2, 0.25) is 5.91 Å². The first kappa shape index (κ1) is 31.1. The highest BCUT2D eigenvalue weighted by Gasteiger charge is 2.41. The summed E-state index contributed by atoms with van der Waals surface area (Å²) < 4.78 is 0. The lowest BCUT2D eigenvalue weighted by Gasteiger charge is -2.42. The summed E-state index contributed by atoms with van der Waals surface area (Å²) in [6.07, 6.45) is 7.57. The molecule has 1 N–H and O–H groups in total. The fourth-order valence-electron chi connectivity index (χ4n) is 3.86. The lowest BCUT2D eigenvalue weighted by atomic mass is 9.83. The Labute approximate surface area is 173 Å². The number of piperidine rings is 1. The number of nitrogens with one attached hydrogen (secondary N) is 1. The SMILES string of the molecule is C.CC.CC.CC.CCCCN1CC2CCCC2C[C@H]1C(=O)NC(C)(C)C. The highest BCUT2D eigenvalue weighted by Crippen LogP contribution is 2.40. The molecule has 0 radical (unpaired) electrons. The average molecular weight is 387 g/mol. The Kier molecular flexibility index (Phi) is 20.2. The van der Waals surface area contributed by atoms with E-state index in [1.54, 1.807) is 0 Å². The van der Waals surface area contributed by atoms with Gasteiger partial charge < -0.3 is 5.32 Å². The van der Waals surface area contributed by atoms with Crippen LogP contribution < -0.4 is 5.32 Å². The van der Waals surface area contributed by atoms with Gasteiger partial charge in [-0.25, -0.2) is 0 Å². The summed E-state index contributed by atoms with van der Waals surface area (Å²) >= 11 is 0. The molecule has 2 fully saturated rings. The van der Waals surface area contributed by atoms with Crippen molar-refractivity contribution in [3.63, 3.8) is 0 Å². The van der Waals surface area contributed by atoms with Crippen LogP contribution in [0.1, 0.15) is 115 Å². The van der Waals surface area contributed by atoms with Crippen LogP contribution in [0.15, 0.2) is 0 Å². The summed E-state index contributed by atoms with van der Waals surface area (Å²) in [5.41, 5.74) is -0.125. The molecule has 0 spiro atoms. The second kappa shape index (κ2) is 17.5. The number of likely N-dealkylation sites (tertiary alicyclic amines) is 1. The lowest BCUT2D eigenvalue weighted by molar-refractivity contribution is -0.130. The number of carbonyl (C=O) groups is 1. The fraction of sp³-hybridized carbons (Fsp3) is 0.958. The smallest absolute Gasteiger partial charge is 0.237 e. The largest absolute Gasteiger partial charge is 0.350 e. The number of rotatable bonds is 4. The summed E-state index contributed by atoms with van der Waals surface area (Å²) in [4.78, 5) is 15.1. The Morgan fingerprint density at radius 2 is 1.52 bits per heavy atom. The molecule has 3 nitrogen and oxygen atoms in total. The minimum atomic E-state index is -0.125. The van der Waals surface area contributed by atoms with Crippen molar-refractivity contribution >= 4 is 5.91 Å². The minimum absolute atomic E-state index is 0. The third-order valence-electron chi connectivity index (χ3n) is 4.85. The van der Waals surface area contributed by atoms with E-state index in [1.807, 2.05) is 41.5 Å². The first-order valence-corrected chi connectivity index (χ1v) is 11.5. The molecule has 0 aromatic rings. The standard InChI is InChI=1S/C17H32N2O.3C2H6.CH4/c1-5-6-10-19-12-14-9-7-8-13(14)11-15(19)16(20)18-17(2,3)4;3*1-2;/h13-15H,5-12H2,1-4H3,(H,18,20);3*1-2H3;1H4/t13?,14?,15-;;;;/m0..../s1. The molecule has 166 valence electrons. The van der Waals surface area contributed by atoms with Gasteiger partial charge in [-0.3, -0.25) is 9.69 Å². The van der Waals surface area contributed by atoms with Crippen LogP contribution in [0, 0.1) is 11.8 Å². The van der Waals surface area contributed by atoms with Gasteiger partial charge in [-0.05, 0) is 58.4 Å². The third kappa shape index (κ3) is 11.8. The van der Waals surface area contributed by atoms with Gasteiger partial charge in [0.15, 0.2) is 0 Å². The molecule has 1 heterocycles. The fourth-order valence-corrected chi connectivity index (χ4v) is 3.86. The Morgan fingerprint density at radius 3 is 2.00 bits per heavy atom. The second-order valence-electron chi connectivity index (χ2n) is 7.79. The molecule has 1 aliphatic heterocycles. The van der Waals surface area contributed by atoms with E-state index in [-0.39, 0.29) is 24.9 Å². The van der Waals surface area contributed by atoms with Crippen molar-refractivity contribution in [2.24, 2.45) is 11.8 Å². The first-order valence-electron chi connectivity index (χ1n) is 11.5. The second-order valence-corrected chi connectivity index (χ2v) is 7.79. The zero-order valence-corrected chi connectivity index (χ0v) is 19.7. The first-order chi connectivity index (χ1) is 12.4. The maximum absolute atomic E-state index is 12.6. The summed E-state index contributed by atoms with van der Waals surface area (Å²) in [6.45, 7) is 22.7. The molecule has 1 saturated heterocycles. The molecule has 1 saturated carbocycles. The Hall–Kier alpha value is -0.570. The molecule has 2 aliphatic rings. The van der Waals surface area contributed by atoms with E-state index < -0.39 is 0 Å². The average Bonchev–Trinajstić information content (AvgIpc) is 3.10. The molecule has 0 bridgehead atoms. The topological polar surface area (TPSA) is 32.3 Å². The van der Waals surface area contributed by atoms with Gasteiger partial charge in [-0.1, -0.05) is 75.2 Å². The molecule has 1 aliphatic carbocycles. The van der Waals surface area contributed by atoms with Gasteiger partial charge in [0.1, 0.15) is 0 Å². The van der Waals surface area contributed by atoms with E-state index in [2.05, 4.69) is 37.9 Å². The van der Waals surface area contributed by atoms with Gasteiger partial charge in [-0.15, -0.1) is 0 Å². The van der Waals surface area contributed by atoms with Crippen LogP contribution in [0.4, 0.5) is 0 Å². The number of carbonyl (C=O) groups excluding carboxylic acids is 1. The monoisotopic (exact) mass is 386 g/mol. The van der Waals surface area contributed by atoms with Gasteiger partial charge in [0, 0.05) is 12.1 Å². The van der Waals surface area contributed by atoms with Crippen LogP contribution in [0.3, 0.4) is 0 Å². The molecule has 3 heteroatoms. The zero-order valence-electron chi connectivity index (χ0n) is 19.7. The lowest BCUT2D eigenvalue weighted by Crippen LogP contribution is -2.56. The number of hydrogen-bond acceptors (Lipinski definition) is 2.